The Morgan fingerprint density at radius 1 is 1.20 bits per heavy atom. The van der Waals surface area contributed by atoms with Crippen molar-refractivity contribution in [2.24, 2.45) is 7.05 Å². The molecule has 0 unspecified atom stereocenters. The van der Waals surface area contributed by atoms with Crippen LogP contribution in [0.4, 0.5) is 0 Å². The molecule has 2 aromatic rings. The van der Waals surface area contributed by atoms with Gasteiger partial charge in [0.25, 0.3) is 11.5 Å². The number of likely N-dealkylation sites (tertiary alicyclic amines) is 1. The molecule has 0 aromatic carbocycles. The Hall–Kier alpha value is -2.71. The molecule has 0 atom stereocenters. The second-order valence-corrected chi connectivity index (χ2v) is 6.67. The van der Waals surface area contributed by atoms with Crippen LogP contribution in [0.5, 0.6) is 0 Å². The van der Waals surface area contributed by atoms with Crippen molar-refractivity contribution in [2.75, 3.05) is 13.1 Å². The van der Waals surface area contributed by atoms with E-state index in [9.17, 15) is 14.4 Å². The van der Waals surface area contributed by atoms with E-state index in [0.717, 1.165) is 48.4 Å². The third-order valence-corrected chi connectivity index (χ3v) is 5.20. The van der Waals surface area contributed by atoms with E-state index in [1.165, 1.54) is 13.2 Å². The number of piperidine rings is 1. The number of nitrogens with zero attached hydrogens (tertiary/aromatic N) is 5. The summed E-state index contributed by atoms with van der Waals surface area (Å²) in [5.74, 6) is 2.05. The summed E-state index contributed by atoms with van der Waals surface area (Å²) in [6.45, 7) is 2.10. The minimum Gasteiger partial charge on any atom is -0.338 e. The maximum absolute atomic E-state index is 12.6. The largest absolute Gasteiger partial charge is 0.338 e. The number of carbonyl (C=O) groups excluding carboxylic acids is 1. The van der Waals surface area contributed by atoms with E-state index in [-0.39, 0.29) is 11.5 Å². The third-order valence-electron chi connectivity index (χ3n) is 5.20. The molecular formula is C16H20N6O3. The fraction of sp³-hybridized carbons (Fsp3) is 0.562. The van der Waals surface area contributed by atoms with E-state index in [0.29, 0.717) is 19.0 Å². The van der Waals surface area contributed by atoms with Crippen LogP contribution in [0.3, 0.4) is 0 Å². The molecule has 4 heterocycles. The van der Waals surface area contributed by atoms with Crippen LogP contribution in [0.1, 0.15) is 47.2 Å². The van der Waals surface area contributed by atoms with Crippen molar-refractivity contribution in [3.8, 4) is 0 Å². The Balaban J connectivity index is 1.48. The molecule has 1 fully saturated rings. The summed E-state index contributed by atoms with van der Waals surface area (Å²) in [6, 6.07) is 0. The maximum atomic E-state index is 12.6. The normalized spacial score (nSPS) is 17.7. The van der Waals surface area contributed by atoms with Crippen LogP contribution in [0.15, 0.2) is 15.8 Å². The number of rotatable bonds is 2. The quantitative estimate of drug-likeness (QED) is 0.800. The summed E-state index contributed by atoms with van der Waals surface area (Å²) in [5, 5.41) is 8.60. The standard InChI is InChI=1S/C16H20N6O3/c1-20-14(23)11(9-17-16(20)25)15(24)21-7-4-10(5-8-21)13-19-18-12-3-2-6-22(12)13/h9-10H,2-8H2,1H3,(H,17,25). The van der Waals surface area contributed by atoms with Gasteiger partial charge in [0, 0.05) is 45.2 Å². The molecule has 9 heteroatoms. The SMILES string of the molecule is Cn1c(=O)[nH]cc(C(=O)N2CCC(c3nnc4n3CCC4)CC2)c1=O. The predicted molar refractivity (Wildman–Crippen MR) is 88.5 cm³/mol. The number of hydrogen-bond acceptors (Lipinski definition) is 5. The van der Waals surface area contributed by atoms with Crippen LogP contribution in [-0.4, -0.2) is 48.2 Å². The monoisotopic (exact) mass is 344 g/mol. The van der Waals surface area contributed by atoms with Crippen LogP contribution in [0.2, 0.25) is 0 Å². The van der Waals surface area contributed by atoms with Gasteiger partial charge in [-0.1, -0.05) is 0 Å². The van der Waals surface area contributed by atoms with Crippen LogP contribution in [-0.2, 0) is 20.0 Å². The number of hydrogen-bond donors (Lipinski definition) is 1. The molecule has 2 aliphatic rings. The van der Waals surface area contributed by atoms with E-state index in [1.54, 1.807) is 4.90 Å². The highest BCUT2D eigenvalue weighted by molar-refractivity contribution is 5.93. The lowest BCUT2D eigenvalue weighted by Crippen LogP contribution is -2.43. The zero-order valence-corrected chi connectivity index (χ0v) is 14.1. The van der Waals surface area contributed by atoms with Gasteiger partial charge in [-0.05, 0) is 19.3 Å². The molecule has 1 saturated heterocycles. The molecule has 132 valence electrons. The highest BCUT2D eigenvalue weighted by atomic mass is 16.2. The number of H-pyrrole nitrogens is 1. The van der Waals surface area contributed by atoms with Crippen LogP contribution < -0.4 is 11.2 Å². The van der Waals surface area contributed by atoms with Crippen molar-refractivity contribution < 1.29 is 4.79 Å². The Morgan fingerprint density at radius 3 is 2.72 bits per heavy atom. The highest BCUT2D eigenvalue weighted by Crippen LogP contribution is 2.29. The van der Waals surface area contributed by atoms with Crippen LogP contribution >= 0.6 is 0 Å². The van der Waals surface area contributed by atoms with Gasteiger partial charge in [-0.15, -0.1) is 10.2 Å². The summed E-state index contributed by atoms with van der Waals surface area (Å²) in [4.78, 5) is 40.3. The van der Waals surface area contributed by atoms with Gasteiger partial charge in [-0.3, -0.25) is 14.2 Å². The van der Waals surface area contributed by atoms with Gasteiger partial charge in [0.2, 0.25) is 0 Å². The lowest BCUT2D eigenvalue weighted by atomic mass is 9.95. The van der Waals surface area contributed by atoms with E-state index >= 15 is 0 Å². The lowest BCUT2D eigenvalue weighted by Gasteiger charge is -2.31. The molecule has 1 N–H and O–H groups in total. The second-order valence-electron chi connectivity index (χ2n) is 6.67. The van der Waals surface area contributed by atoms with Gasteiger partial charge < -0.3 is 14.5 Å². The third kappa shape index (κ3) is 2.59. The fourth-order valence-electron chi connectivity index (χ4n) is 3.70. The Morgan fingerprint density at radius 2 is 1.96 bits per heavy atom. The first-order valence-corrected chi connectivity index (χ1v) is 8.56. The van der Waals surface area contributed by atoms with Crippen LogP contribution in [0, 0.1) is 0 Å². The number of aryl methyl sites for hydroxylation is 1. The van der Waals surface area contributed by atoms with Gasteiger partial charge in [0.15, 0.2) is 0 Å². The van der Waals surface area contributed by atoms with Gasteiger partial charge in [-0.2, -0.15) is 0 Å². The van der Waals surface area contributed by atoms with Gasteiger partial charge in [-0.25, -0.2) is 4.79 Å². The highest BCUT2D eigenvalue weighted by Gasteiger charge is 2.30. The first-order chi connectivity index (χ1) is 12.1. The molecule has 9 nitrogen and oxygen atoms in total. The molecule has 0 bridgehead atoms. The first kappa shape index (κ1) is 15.8. The maximum Gasteiger partial charge on any atom is 0.328 e. The van der Waals surface area contributed by atoms with E-state index in [4.69, 9.17) is 0 Å². The number of carbonyl (C=O) groups is 1. The Labute approximate surface area is 143 Å². The zero-order valence-electron chi connectivity index (χ0n) is 14.1. The van der Waals surface area contributed by atoms with Gasteiger partial charge in [0.05, 0.1) is 0 Å². The van der Waals surface area contributed by atoms with E-state index in [1.807, 2.05) is 0 Å². The summed E-state index contributed by atoms with van der Waals surface area (Å²) < 4.78 is 3.12. The van der Waals surface area contributed by atoms with Crippen molar-refractivity contribution in [3.05, 3.63) is 44.2 Å². The minimum atomic E-state index is -0.564. The van der Waals surface area contributed by atoms with E-state index < -0.39 is 11.2 Å². The summed E-state index contributed by atoms with van der Waals surface area (Å²) in [6.07, 6.45) is 4.91. The molecule has 2 aromatic heterocycles. The van der Waals surface area contributed by atoms with Crippen molar-refractivity contribution >= 4 is 5.91 Å². The summed E-state index contributed by atoms with van der Waals surface area (Å²) in [7, 11) is 1.36. The number of amides is 1. The van der Waals surface area contributed by atoms with Gasteiger partial charge >= 0.3 is 5.69 Å². The average molecular weight is 344 g/mol. The number of nitrogens with one attached hydrogen (secondary N) is 1. The van der Waals surface area contributed by atoms with Crippen molar-refractivity contribution in [1.29, 1.82) is 0 Å². The molecule has 0 saturated carbocycles. The second kappa shape index (κ2) is 5.98. The number of aromatic nitrogens is 5. The van der Waals surface area contributed by atoms with E-state index in [2.05, 4.69) is 19.7 Å². The topological polar surface area (TPSA) is 106 Å². The summed E-state index contributed by atoms with van der Waals surface area (Å²) >= 11 is 0. The Bertz CT molecular complexity index is 932. The minimum absolute atomic E-state index is 0.00363. The lowest BCUT2D eigenvalue weighted by molar-refractivity contribution is 0.0707. The Kier molecular flexibility index (Phi) is 3.78. The molecule has 0 spiro atoms. The van der Waals surface area contributed by atoms with Crippen LogP contribution in [0.25, 0.3) is 0 Å². The number of fused-ring (bicyclic) bond motifs is 1. The molecule has 1 amide bonds. The average Bonchev–Trinajstić information content (AvgIpc) is 3.23. The van der Waals surface area contributed by atoms with Crippen molar-refractivity contribution in [1.82, 2.24) is 29.2 Å². The molecule has 0 radical (unpaired) electrons. The molecule has 2 aliphatic heterocycles. The fourth-order valence-corrected chi connectivity index (χ4v) is 3.70. The predicted octanol–water partition coefficient (Wildman–Crippen LogP) is -0.369. The smallest absolute Gasteiger partial charge is 0.328 e. The van der Waals surface area contributed by atoms with Gasteiger partial charge in [0.1, 0.15) is 17.2 Å². The van der Waals surface area contributed by atoms with Crippen molar-refractivity contribution in [3.63, 3.8) is 0 Å². The zero-order chi connectivity index (χ0) is 17.6. The first-order valence-electron chi connectivity index (χ1n) is 8.56. The number of aromatic amines is 1. The molecule has 25 heavy (non-hydrogen) atoms. The molecular weight excluding hydrogens is 324 g/mol. The molecule has 0 aliphatic carbocycles. The summed E-state index contributed by atoms with van der Waals surface area (Å²) in [5.41, 5.74) is -1.09. The van der Waals surface area contributed by atoms with Crippen molar-refractivity contribution in [2.45, 2.75) is 38.1 Å². The molecule has 4 rings (SSSR count).